The Balaban J connectivity index is 2.25. The van der Waals surface area contributed by atoms with E-state index in [0.29, 0.717) is 5.69 Å². The van der Waals surface area contributed by atoms with Gasteiger partial charge in [-0.2, -0.15) is 0 Å². The Morgan fingerprint density at radius 2 is 2.00 bits per heavy atom. The normalized spacial score (nSPS) is 10.3. The van der Waals surface area contributed by atoms with E-state index >= 15 is 0 Å². The summed E-state index contributed by atoms with van der Waals surface area (Å²) >= 11 is 5.51. The van der Waals surface area contributed by atoms with Crippen molar-refractivity contribution in [3.63, 3.8) is 0 Å². The van der Waals surface area contributed by atoms with Crippen LogP contribution in [0.3, 0.4) is 0 Å². The van der Waals surface area contributed by atoms with Gasteiger partial charge in [0, 0.05) is 13.7 Å². The van der Waals surface area contributed by atoms with E-state index in [0.717, 1.165) is 13.6 Å². The maximum absolute atomic E-state index is 12.1. The van der Waals surface area contributed by atoms with Crippen molar-refractivity contribution in [3.8, 4) is 5.75 Å². The number of amides is 1. The van der Waals surface area contributed by atoms with E-state index in [9.17, 15) is 9.90 Å². The van der Waals surface area contributed by atoms with Crippen molar-refractivity contribution in [2.24, 2.45) is 0 Å². The standard InChI is InChI=1S/C14H11BrINO2/c1-8-6-10(3-4-12(8)15)17-14(19)11-7-9(16)2-5-13(11)18/h2-7,18H,1H3,(H,17,19). The molecule has 2 aromatic rings. The molecule has 0 aliphatic heterocycles. The first kappa shape index (κ1) is 14.3. The Labute approximate surface area is 133 Å². The molecule has 2 rings (SSSR count). The van der Waals surface area contributed by atoms with Crippen molar-refractivity contribution >= 4 is 50.1 Å². The molecular formula is C14H11BrINO2. The monoisotopic (exact) mass is 431 g/mol. The van der Waals surface area contributed by atoms with Crippen LogP contribution in [0.1, 0.15) is 15.9 Å². The van der Waals surface area contributed by atoms with E-state index in [1.54, 1.807) is 18.2 Å². The van der Waals surface area contributed by atoms with Crippen molar-refractivity contribution in [3.05, 3.63) is 55.6 Å². The Morgan fingerprint density at radius 3 is 2.68 bits per heavy atom. The minimum absolute atomic E-state index is 0.0215. The lowest BCUT2D eigenvalue weighted by Gasteiger charge is -2.08. The highest BCUT2D eigenvalue weighted by Gasteiger charge is 2.12. The van der Waals surface area contributed by atoms with Crippen molar-refractivity contribution in [1.29, 1.82) is 0 Å². The lowest BCUT2D eigenvalue weighted by molar-refractivity contribution is 0.102. The van der Waals surface area contributed by atoms with Crippen LogP contribution in [-0.2, 0) is 0 Å². The highest BCUT2D eigenvalue weighted by molar-refractivity contribution is 14.1. The van der Waals surface area contributed by atoms with E-state index in [4.69, 9.17) is 0 Å². The Kier molecular flexibility index (Phi) is 4.46. The van der Waals surface area contributed by atoms with Crippen molar-refractivity contribution < 1.29 is 9.90 Å². The third kappa shape index (κ3) is 3.48. The average Bonchev–Trinajstić information content (AvgIpc) is 2.36. The van der Waals surface area contributed by atoms with E-state index in [1.165, 1.54) is 6.07 Å². The molecule has 0 spiro atoms. The van der Waals surface area contributed by atoms with Crippen LogP contribution in [0.2, 0.25) is 0 Å². The zero-order chi connectivity index (χ0) is 14.0. The van der Waals surface area contributed by atoms with Crippen LogP contribution >= 0.6 is 38.5 Å². The zero-order valence-corrected chi connectivity index (χ0v) is 13.8. The number of phenols is 1. The van der Waals surface area contributed by atoms with Crippen LogP contribution in [-0.4, -0.2) is 11.0 Å². The average molecular weight is 432 g/mol. The zero-order valence-electron chi connectivity index (χ0n) is 10.1. The first-order valence-corrected chi connectivity index (χ1v) is 7.40. The van der Waals surface area contributed by atoms with E-state index in [1.807, 2.05) is 19.1 Å². The second-order valence-corrected chi connectivity index (χ2v) is 6.18. The number of nitrogens with one attached hydrogen (secondary N) is 1. The summed E-state index contributed by atoms with van der Waals surface area (Å²) in [6, 6.07) is 10.5. The summed E-state index contributed by atoms with van der Waals surface area (Å²) in [5.74, 6) is -0.343. The van der Waals surface area contributed by atoms with Gasteiger partial charge in [-0.3, -0.25) is 4.79 Å². The second-order valence-electron chi connectivity index (χ2n) is 4.08. The number of hydrogen-bond acceptors (Lipinski definition) is 2. The van der Waals surface area contributed by atoms with Gasteiger partial charge in [0.15, 0.2) is 0 Å². The van der Waals surface area contributed by atoms with Crippen LogP contribution < -0.4 is 5.32 Å². The number of aromatic hydroxyl groups is 1. The Morgan fingerprint density at radius 1 is 1.26 bits per heavy atom. The number of carbonyl (C=O) groups excluding carboxylic acids is 1. The maximum atomic E-state index is 12.1. The number of aryl methyl sites for hydroxylation is 1. The molecule has 2 aromatic carbocycles. The van der Waals surface area contributed by atoms with Gasteiger partial charge in [0.2, 0.25) is 0 Å². The Hall–Kier alpha value is -1.08. The number of anilines is 1. The molecule has 0 aliphatic rings. The first-order valence-electron chi connectivity index (χ1n) is 5.53. The molecule has 0 aliphatic carbocycles. The topological polar surface area (TPSA) is 49.3 Å². The lowest BCUT2D eigenvalue weighted by atomic mass is 10.1. The van der Waals surface area contributed by atoms with Crippen LogP contribution in [0.4, 0.5) is 5.69 Å². The lowest BCUT2D eigenvalue weighted by Crippen LogP contribution is -2.12. The molecule has 0 atom stereocenters. The molecule has 2 N–H and O–H groups in total. The molecule has 0 bridgehead atoms. The third-order valence-corrected chi connectivity index (χ3v) is 4.18. The third-order valence-electron chi connectivity index (χ3n) is 2.62. The molecule has 0 heterocycles. The molecule has 0 saturated carbocycles. The van der Waals surface area contributed by atoms with Gasteiger partial charge in [0.25, 0.3) is 5.91 Å². The summed E-state index contributed by atoms with van der Waals surface area (Å²) in [7, 11) is 0. The minimum Gasteiger partial charge on any atom is -0.507 e. The summed E-state index contributed by atoms with van der Waals surface area (Å²) in [5, 5.41) is 12.5. The van der Waals surface area contributed by atoms with Gasteiger partial charge in [-0.1, -0.05) is 15.9 Å². The van der Waals surface area contributed by atoms with Crippen LogP contribution in [0.15, 0.2) is 40.9 Å². The number of hydrogen-bond donors (Lipinski definition) is 2. The van der Waals surface area contributed by atoms with Crippen LogP contribution in [0, 0.1) is 10.5 Å². The van der Waals surface area contributed by atoms with Gasteiger partial charge in [-0.05, 0) is 71.5 Å². The smallest absolute Gasteiger partial charge is 0.259 e. The van der Waals surface area contributed by atoms with E-state index in [2.05, 4.69) is 43.8 Å². The number of rotatable bonds is 2. The summed E-state index contributed by atoms with van der Waals surface area (Å²) in [5.41, 5.74) is 2.00. The van der Waals surface area contributed by atoms with Gasteiger partial charge in [0.1, 0.15) is 5.75 Å². The SMILES string of the molecule is Cc1cc(NC(=O)c2cc(I)ccc2O)ccc1Br. The van der Waals surface area contributed by atoms with Crippen molar-refractivity contribution in [1.82, 2.24) is 0 Å². The number of carbonyl (C=O) groups is 1. The predicted octanol–water partition coefficient (Wildman–Crippen LogP) is 4.32. The fourth-order valence-electron chi connectivity index (χ4n) is 1.61. The molecular weight excluding hydrogens is 421 g/mol. The van der Waals surface area contributed by atoms with Crippen molar-refractivity contribution in [2.45, 2.75) is 6.92 Å². The van der Waals surface area contributed by atoms with Crippen LogP contribution in [0.25, 0.3) is 0 Å². The van der Waals surface area contributed by atoms with Gasteiger partial charge < -0.3 is 10.4 Å². The molecule has 3 nitrogen and oxygen atoms in total. The summed E-state index contributed by atoms with van der Waals surface area (Å²) in [6.45, 7) is 1.95. The summed E-state index contributed by atoms with van der Waals surface area (Å²) in [6.07, 6.45) is 0. The molecule has 0 fully saturated rings. The fraction of sp³-hybridized carbons (Fsp3) is 0.0714. The van der Waals surface area contributed by atoms with Gasteiger partial charge in [-0.15, -0.1) is 0 Å². The molecule has 0 saturated heterocycles. The van der Waals surface area contributed by atoms with Gasteiger partial charge in [0.05, 0.1) is 5.56 Å². The fourth-order valence-corrected chi connectivity index (χ4v) is 2.35. The highest BCUT2D eigenvalue weighted by Crippen LogP contribution is 2.23. The number of benzene rings is 2. The second kappa shape index (κ2) is 5.92. The summed E-state index contributed by atoms with van der Waals surface area (Å²) in [4.78, 5) is 12.1. The molecule has 1 amide bonds. The minimum atomic E-state index is -0.322. The quantitative estimate of drug-likeness (QED) is 0.695. The molecule has 0 unspecified atom stereocenters. The van der Waals surface area contributed by atoms with Crippen LogP contribution in [0.5, 0.6) is 5.75 Å². The highest BCUT2D eigenvalue weighted by atomic mass is 127. The van der Waals surface area contributed by atoms with E-state index in [-0.39, 0.29) is 17.2 Å². The molecule has 98 valence electrons. The summed E-state index contributed by atoms with van der Waals surface area (Å²) < 4.78 is 1.88. The van der Waals surface area contributed by atoms with Crippen molar-refractivity contribution in [2.75, 3.05) is 5.32 Å². The number of halogens is 2. The Bertz CT molecular complexity index is 643. The molecule has 0 radical (unpaired) electrons. The molecule has 19 heavy (non-hydrogen) atoms. The van der Waals surface area contributed by atoms with E-state index < -0.39 is 0 Å². The molecule has 0 aromatic heterocycles. The molecule has 5 heteroatoms. The predicted molar refractivity (Wildman–Crippen MR) is 87.7 cm³/mol. The van der Waals surface area contributed by atoms with Gasteiger partial charge >= 0.3 is 0 Å². The largest absolute Gasteiger partial charge is 0.507 e. The number of phenolic OH excluding ortho intramolecular Hbond substituents is 1. The van der Waals surface area contributed by atoms with Gasteiger partial charge in [-0.25, -0.2) is 0 Å². The maximum Gasteiger partial charge on any atom is 0.259 e. The first-order chi connectivity index (χ1) is 8.97.